The van der Waals surface area contributed by atoms with Crippen molar-refractivity contribution in [3.8, 4) is 11.3 Å². The summed E-state index contributed by atoms with van der Waals surface area (Å²) in [5.41, 5.74) is 1.22. The standard InChI is InChI=1S/C25H27N3O7/c1-25(2,3)34-23(31)26-14-13-19-20(22(29)30)21(28-35-19)17-9-11-18(12-10-17)27-24(32)33-15-16-7-5-4-6-8-16/h4-12H,13-15H2,1-3H3,(H,26,31)(H,27,32)(H,29,30). The lowest BCUT2D eigenvalue weighted by Gasteiger charge is -2.19. The zero-order valence-corrected chi connectivity index (χ0v) is 19.7. The number of alkyl carbamates (subject to hydrolysis) is 1. The molecule has 0 bridgehead atoms. The summed E-state index contributed by atoms with van der Waals surface area (Å²) in [4.78, 5) is 35.7. The minimum Gasteiger partial charge on any atom is -0.477 e. The van der Waals surface area contributed by atoms with Gasteiger partial charge in [-0.1, -0.05) is 47.6 Å². The van der Waals surface area contributed by atoms with Gasteiger partial charge in [0.05, 0.1) is 0 Å². The molecular weight excluding hydrogens is 454 g/mol. The van der Waals surface area contributed by atoms with Crippen molar-refractivity contribution in [1.82, 2.24) is 10.5 Å². The Morgan fingerprint density at radius 3 is 2.31 bits per heavy atom. The molecule has 0 radical (unpaired) electrons. The highest BCUT2D eigenvalue weighted by Gasteiger charge is 2.24. The molecule has 0 saturated carbocycles. The van der Waals surface area contributed by atoms with Crippen LogP contribution in [0.3, 0.4) is 0 Å². The largest absolute Gasteiger partial charge is 0.477 e. The molecule has 10 nitrogen and oxygen atoms in total. The molecule has 0 aliphatic carbocycles. The number of aromatic carboxylic acids is 1. The molecule has 3 aromatic rings. The van der Waals surface area contributed by atoms with Gasteiger partial charge in [0.25, 0.3) is 0 Å². The van der Waals surface area contributed by atoms with Gasteiger partial charge < -0.3 is 24.4 Å². The number of nitrogens with one attached hydrogen (secondary N) is 2. The van der Waals surface area contributed by atoms with Crippen LogP contribution in [0.4, 0.5) is 15.3 Å². The average molecular weight is 482 g/mol. The number of carbonyl (C=O) groups excluding carboxylic acids is 2. The number of aromatic nitrogens is 1. The van der Waals surface area contributed by atoms with Crippen LogP contribution < -0.4 is 10.6 Å². The van der Waals surface area contributed by atoms with E-state index in [1.54, 1.807) is 45.0 Å². The Balaban J connectivity index is 1.61. The Labute approximate surface area is 202 Å². The molecule has 35 heavy (non-hydrogen) atoms. The van der Waals surface area contributed by atoms with Gasteiger partial charge in [0, 0.05) is 24.2 Å². The van der Waals surface area contributed by atoms with Crippen LogP contribution in [0.25, 0.3) is 11.3 Å². The van der Waals surface area contributed by atoms with Gasteiger partial charge in [0.1, 0.15) is 23.5 Å². The van der Waals surface area contributed by atoms with Gasteiger partial charge in [0.15, 0.2) is 5.76 Å². The van der Waals surface area contributed by atoms with Crippen molar-refractivity contribution in [3.05, 3.63) is 71.5 Å². The Hall–Kier alpha value is -4.34. The molecule has 2 aromatic carbocycles. The van der Waals surface area contributed by atoms with Crippen molar-refractivity contribution in [2.75, 3.05) is 11.9 Å². The quantitative estimate of drug-likeness (QED) is 0.415. The predicted molar refractivity (Wildman–Crippen MR) is 127 cm³/mol. The zero-order valence-electron chi connectivity index (χ0n) is 19.7. The number of hydrogen-bond acceptors (Lipinski definition) is 7. The summed E-state index contributed by atoms with van der Waals surface area (Å²) in [7, 11) is 0. The molecular formula is C25H27N3O7. The Morgan fingerprint density at radius 2 is 1.69 bits per heavy atom. The molecule has 2 amide bonds. The van der Waals surface area contributed by atoms with E-state index >= 15 is 0 Å². The van der Waals surface area contributed by atoms with Gasteiger partial charge in [-0.05, 0) is 38.5 Å². The number of benzene rings is 2. The van der Waals surface area contributed by atoms with Crippen LogP contribution in [0, 0.1) is 0 Å². The first-order valence-corrected chi connectivity index (χ1v) is 10.9. The van der Waals surface area contributed by atoms with E-state index in [0.717, 1.165) is 5.56 Å². The highest BCUT2D eigenvalue weighted by Crippen LogP contribution is 2.27. The highest BCUT2D eigenvalue weighted by atomic mass is 16.6. The van der Waals surface area contributed by atoms with E-state index in [9.17, 15) is 19.5 Å². The normalized spacial score (nSPS) is 10.9. The SMILES string of the molecule is CC(C)(C)OC(=O)NCCc1onc(-c2ccc(NC(=O)OCc3ccccc3)cc2)c1C(=O)O. The Morgan fingerprint density at radius 1 is 1.00 bits per heavy atom. The monoisotopic (exact) mass is 481 g/mol. The van der Waals surface area contributed by atoms with Gasteiger partial charge in [-0.25, -0.2) is 14.4 Å². The van der Waals surface area contributed by atoms with Gasteiger partial charge in [-0.3, -0.25) is 5.32 Å². The molecule has 10 heteroatoms. The first-order chi connectivity index (χ1) is 16.6. The second-order valence-corrected chi connectivity index (χ2v) is 8.58. The minimum atomic E-state index is -1.21. The van der Waals surface area contributed by atoms with E-state index in [2.05, 4.69) is 15.8 Å². The van der Waals surface area contributed by atoms with Gasteiger partial charge in [-0.15, -0.1) is 0 Å². The summed E-state index contributed by atoms with van der Waals surface area (Å²) in [5, 5.41) is 18.8. The second kappa shape index (κ2) is 11.2. The molecule has 3 rings (SSSR count). The van der Waals surface area contributed by atoms with E-state index in [-0.39, 0.29) is 36.6 Å². The molecule has 0 atom stereocenters. The predicted octanol–water partition coefficient (Wildman–Crippen LogP) is 4.86. The molecule has 0 aliphatic heterocycles. The number of rotatable bonds is 8. The first-order valence-electron chi connectivity index (χ1n) is 10.9. The summed E-state index contributed by atoms with van der Waals surface area (Å²) < 4.78 is 15.6. The number of hydrogen-bond donors (Lipinski definition) is 3. The number of amides is 2. The topological polar surface area (TPSA) is 140 Å². The summed E-state index contributed by atoms with van der Waals surface area (Å²) in [6, 6.07) is 15.7. The fourth-order valence-corrected chi connectivity index (χ4v) is 3.09. The third-order valence-corrected chi connectivity index (χ3v) is 4.61. The van der Waals surface area contributed by atoms with E-state index in [1.165, 1.54) is 0 Å². The van der Waals surface area contributed by atoms with E-state index in [1.807, 2.05) is 30.3 Å². The summed E-state index contributed by atoms with van der Waals surface area (Å²) >= 11 is 0. The third kappa shape index (κ3) is 7.60. The maximum Gasteiger partial charge on any atom is 0.411 e. The Kier molecular flexibility index (Phi) is 8.08. The van der Waals surface area contributed by atoms with E-state index in [0.29, 0.717) is 11.3 Å². The van der Waals surface area contributed by atoms with Crippen LogP contribution in [0.1, 0.15) is 42.5 Å². The van der Waals surface area contributed by atoms with Crippen LogP contribution in [-0.4, -0.2) is 40.6 Å². The average Bonchev–Trinajstić information content (AvgIpc) is 3.22. The molecule has 0 spiro atoms. The van der Waals surface area contributed by atoms with Crippen molar-refractivity contribution in [3.63, 3.8) is 0 Å². The lowest BCUT2D eigenvalue weighted by atomic mass is 10.0. The molecule has 184 valence electrons. The Bertz CT molecular complexity index is 1170. The van der Waals surface area contributed by atoms with Crippen LogP contribution in [0.5, 0.6) is 0 Å². The second-order valence-electron chi connectivity index (χ2n) is 8.58. The van der Waals surface area contributed by atoms with Gasteiger partial charge in [0.2, 0.25) is 0 Å². The van der Waals surface area contributed by atoms with Crippen LogP contribution in [0.15, 0.2) is 59.1 Å². The number of anilines is 1. The number of carboxylic acid groups (broad SMARTS) is 1. The molecule has 0 aliphatic rings. The lowest BCUT2D eigenvalue weighted by Crippen LogP contribution is -2.33. The fraction of sp³-hybridized carbons (Fsp3) is 0.280. The first kappa shape index (κ1) is 25.3. The van der Waals surface area contributed by atoms with Crippen molar-refractivity contribution in [1.29, 1.82) is 0 Å². The molecule has 0 unspecified atom stereocenters. The highest BCUT2D eigenvalue weighted by molar-refractivity contribution is 5.96. The molecule has 3 N–H and O–H groups in total. The van der Waals surface area contributed by atoms with Crippen molar-refractivity contribution in [2.45, 2.75) is 39.4 Å². The summed E-state index contributed by atoms with van der Waals surface area (Å²) in [6.45, 7) is 5.47. The van der Waals surface area contributed by atoms with Crippen molar-refractivity contribution >= 4 is 23.8 Å². The van der Waals surface area contributed by atoms with Gasteiger partial charge >= 0.3 is 18.2 Å². The maximum atomic E-state index is 12.0. The summed E-state index contributed by atoms with van der Waals surface area (Å²) in [6.07, 6.45) is -1.12. The van der Waals surface area contributed by atoms with Crippen LogP contribution in [-0.2, 0) is 22.5 Å². The van der Waals surface area contributed by atoms with E-state index in [4.69, 9.17) is 14.0 Å². The summed E-state index contributed by atoms with van der Waals surface area (Å²) in [5.74, 6) is -1.09. The molecule has 0 saturated heterocycles. The number of carbonyl (C=O) groups is 3. The van der Waals surface area contributed by atoms with Gasteiger partial charge in [-0.2, -0.15) is 0 Å². The maximum absolute atomic E-state index is 12.0. The fourth-order valence-electron chi connectivity index (χ4n) is 3.09. The minimum absolute atomic E-state index is 0.0982. The lowest BCUT2D eigenvalue weighted by molar-refractivity contribution is 0.0527. The number of ether oxygens (including phenoxy) is 2. The van der Waals surface area contributed by atoms with E-state index < -0.39 is 23.8 Å². The number of nitrogens with zero attached hydrogens (tertiary/aromatic N) is 1. The molecule has 1 heterocycles. The molecule has 0 fully saturated rings. The van der Waals surface area contributed by atoms with Crippen molar-refractivity contribution < 1.29 is 33.5 Å². The molecule has 1 aromatic heterocycles. The van der Waals surface area contributed by atoms with Crippen LogP contribution >= 0.6 is 0 Å². The smallest absolute Gasteiger partial charge is 0.411 e. The number of carboxylic acids is 1. The third-order valence-electron chi connectivity index (χ3n) is 4.61. The van der Waals surface area contributed by atoms with Crippen molar-refractivity contribution in [2.24, 2.45) is 0 Å². The zero-order chi connectivity index (χ0) is 25.4. The van der Waals surface area contributed by atoms with Crippen LogP contribution in [0.2, 0.25) is 0 Å².